The summed E-state index contributed by atoms with van der Waals surface area (Å²) in [5, 5.41) is 0. The molecule has 0 N–H and O–H groups in total. The number of amides is 2. The Morgan fingerprint density at radius 3 is 2.33 bits per heavy atom. The smallest absolute Gasteiger partial charge is 0.233 e. The Labute approximate surface area is 89.8 Å². The predicted octanol–water partition coefficient (Wildman–Crippen LogP) is 1.04. The van der Waals surface area contributed by atoms with E-state index in [-0.39, 0.29) is 23.7 Å². The molecule has 2 unspecified atom stereocenters. The van der Waals surface area contributed by atoms with Gasteiger partial charge in [0, 0.05) is 13.0 Å². The maximum atomic E-state index is 11.9. The van der Waals surface area contributed by atoms with Gasteiger partial charge in [0.1, 0.15) is 0 Å². The van der Waals surface area contributed by atoms with Gasteiger partial charge in [-0.05, 0) is 18.8 Å². The van der Waals surface area contributed by atoms with Crippen molar-refractivity contribution in [1.29, 1.82) is 0 Å². The molecule has 3 heteroatoms. The molecule has 2 rings (SSSR count). The SMILES string of the molecule is C#CCCN1C(=O)C2CC(C)CC2C1=O. The molecule has 0 bridgehead atoms. The van der Waals surface area contributed by atoms with Crippen molar-refractivity contribution in [2.75, 3.05) is 6.54 Å². The summed E-state index contributed by atoms with van der Waals surface area (Å²) in [5.74, 6) is 2.87. The highest BCUT2D eigenvalue weighted by Gasteiger charge is 2.51. The van der Waals surface area contributed by atoms with Crippen molar-refractivity contribution in [1.82, 2.24) is 4.90 Å². The number of carbonyl (C=O) groups excluding carboxylic acids is 2. The van der Waals surface area contributed by atoms with Crippen LogP contribution in [-0.2, 0) is 9.59 Å². The Balaban J connectivity index is 2.11. The van der Waals surface area contributed by atoms with Crippen molar-refractivity contribution >= 4 is 11.8 Å². The van der Waals surface area contributed by atoms with Gasteiger partial charge in [-0.1, -0.05) is 6.92 Å². The van der Waals surface area contributed by atoms with Crippen LogP contribution in [0.4, 0.5) is 0 Å². The van der Waals surface area contributed by atoms with E-state index in [2.05, 4.69) is 12.8 Å². The van der Waals surface area contributed by atoms with Gasteiger partial charge in [-0.15, -0.1) is 12.3 Å². The first kappa shape index (κ1) is 10.2. The predicted molar refractivity (Wildman–Crippen MR) is 55.5 cm³/mol. The summed E-state index contributed by atoms with van der Waals surface area (Å²) in [6.07, 6.45) is 7.33. The van der Waals surface area contributed by atoms with Gasteiger partial charge < -0.3 is 0 Å². The zero-order valence-electron chi connectivity index (χ0n) is 8.90. The lowest BCUT2D eigenvalue weighted by molar-refractivity contribution is -0.140. The molecule has 1 aliphatic carbocycles. The summed E-state index contributed by atoms with van der Waals surface area (Å²) in [7, 11) is 0. The zero-order chi connectivity index (χ0) is 11.0. The van der Waals surface area contributed by atoms with E-state index in [0.717, 1.165) is 12.8 Å². The first-order chi connectivity index (χ1) is 7.15. The first-order valence-electron chi connectivity index (χ1n) is 5.43. The summed E-state index contributed by atoms with van der Waals surface area (Å²) < 4.78 is 0. The van der Waals surface area contributed by atoms with Crippen molar-refractivity contribution in [2.45, 2.75) is 26.2 Å². The van der Waals surface area contributed by atoms with Gasteiger partial charge in [0.05, 0.1) is 11.8 Å². The second-order valence-corrected chi connectivity index (χ2v) is 4.57. The van der Waals surface area contributed by atoms with E-state index in [1.54, 1.807) is 0 Å². The molecule has 3 nitrogen and oxygen atoms in total. The second kappa shape index (κ2) is 3.69. The fourth-order valence-electron chi connectivity index (χ4n) is 2.74. The van der Waals surface area contributed by atoms with Gasteiger partial charge in [-0.2, -0.15) is 0 Å². The minimum Gasteiger partial charge on any atom is -0.281 e. The van der Waals surface area contributed by atoms with Crippen LogP contribution in [0.1, 0.15) is 26.2 Å². The number of fused-ring (bicyclic) bond motifs is 1. The van der Waals surface area contributed by atoms with Crippen LogP contribution in [0.5, 0.6) is 0 Å². The molecular formula is C12H15NO2. The average Bonchev–Trinajstić information content (AvgIpc) is 2.67. The molecule has 0 aromatic carbocycles. The second-order valence-electron chi connectivity index (χ2n) is 4.57. The summed E-state index contributed by atoms with van der Waals surface area (Å²) in [6, 6.07) is 0. The monoisotopic (exact) mass is 205 g/mol. The summed E-state index contributed by atoms with van der Waals surface area (Å²) in [5.41, 5.74) is 0. The maximum Gasteiger partial charge on any atom is 0.233 e. The average molecular weight is 205 g/mol. The number of nitrogens with zero attached hydrogens (tertiary/aromatic N) is 1. The van der Waals surface area contributed by atoms with Crippen molar-refractivity contribution in [3.8, 4) is 12.3 Å². The summed E-state index contributed by atoms with van der Waals surface area (Å²) in [6.45, 7) is 2.50. The fourth-order valence-corrected chi connectivity index (χ4v) is 2.74. The number of terminal acetylenes is 1. The van der Waals surface area contributed by atoms with Gasteiger partial charge in [0.2, 0.25) is 11.8 Å². The summed E-state index contributed by atoms with van der Waals surface area (Å²) in [4.78, 5) is 25.1. The highest BCUT2D eigenvalue weighted by atomic mass is 16.2. The normalized spacial score (nSPS) is 34.4. The minimum atomic E-state index is -0.0507. The van der Waals surface area contributed by atoms with E-state index in [1.165, 1.54) is 4.90 Å². The van der Waals surface area contributed by atoms with Crippen LogP contribution < -0.4 is 0 Å². The highest BCUT2D eigenvalue weighted by Crippen LogP contribution is 2.42. The third kappa shape index (κ3) is 1.54. The molecule has 0 spiro atoms. The molecule has 1 saturated heterocycles. The van der Waals surface area contributed by atoms with Crippen molar-refractivity contribution < 1.29 is 9.59 Å². The Morgan fingerprint density at radius 1 is 1.33 bits per heavy atom. The molecule has 80 valence electrons. The van der Waals surface area contributed by atoms with Gasteiger partial charge in [0.15, 0.2) is 0 Å². The lowest BCUT2D eigenvalue weighted by Crippen LogP contribution is -2.32. The lowest BCUT2D eigenvalue weighted by atomic mass is 10.00. The zero-order valence-corrected chi connectivity index (χ0v) is 8.90. The van der Waals surface area contributed by atoms with E-state index in [0.29, 0.717) is 18.9 Å². The molecule has 0 aromatic rings. The number of imide groups is 1. The molecule has 2 atom stereocenters. The Bertz CT molecular complexity index is 318. The van der Waals surface area contributed by atoms with Crippen LogP contribution in [0.2, 0.25) is 0 Å². The largest absolute Gasteiger partial charge is 0.281 e. The van der Waals surface area contributed by atoms with Gasteiger partial charge >= 0.3 is 0 Å². The van der Waals surface area contributed by atoms with E-state index in [1.807, 2.05) is 0 Å². The molecule has 1 heterocycles. The topological polar surface area (TPSA) is 37.4 Å². The van der Waals surface area contributed by atoms with Crippen LogP contribution >= 0.6 is 0 Å². The van der Waals surface area contributed by atoms with E-state index < -0.39 is 0 Å². The van der Waals surface area contributed by atoms with Gasteiger partial charge in [-0.25, -0.2) is 0 Å². The fraction of sp³-hybridized carbons (Fsp3) is 0.667. The van der Waals surface area contributed by atoms with Crippen LogP contribution in [0.25, 0.3) is 0 Å². The molecular weight excluding hydrogens is 190 g/mol. The number of carbonyl (C=O) groups is 2. The van der Waals surface area contributed by atoms with Crippen molar-refractivity contribution in [2.24, 2.45) is 17.8 Å². The number of likely N-dealkylation sites (tertiary alicyclic amines) is 1. The number of hydrogen-bond donors (Lipinski definition) is 0. The Morgan fingerprint density at radius 2 is 1.87 bits per heavy atom. The van der Waals surface area contributed by atoms with Crippen LogP contribution in [-0.4, -0.2) is 23.3 Å². The van der Waals surface area contributed by atoms with E-state index in [9.17, 15) is 9.59 Å². The molecule has 0 aromatic heterocycles. The van der Waals surface area contributed by atoms with Crippen LogP contribution in [0.15, 0.2) is 0 Å². The maximum absolute atomic E-state index is 11.9. The molecule has 1 saturated carbocycles. The molecule has 2 aliphatic rings. The van der Waals surface area contributed by atoms with Gasteiger partial charge in [0.25, 0.3) is 0 Å². The van der Waals surface area contributed by atoms with Crippen molar-refractivity contribution in [3.63, 3.8) is 0 Å². The third-order valence-corrected chi connectivity index (χ3v) is 3.44. The quantitative estimate of drug-likeness (QED) is 0.499. The lowest BCUT2D eigenvalue weighted by Gasteiger charge is -2.15. The van der Waals surface area contributed by atoms with Crippen molar-refractivity contribution in [3.05, 3.63) is 0 Å². The Kier molecular flexibility index (Phi) is 2.52. The molecule has 2 amide bonds. The molecule has 0 radical (unpaired) electrons. The highest BCUT2D eigenvalue weighted by molar-refractivity contribution is 6.05. The number of hydrogen-bond acceptors (Lipinski definition) is 2. The van der Waals surface area contributed by atoms with Crippen LogP contribution in [0, 0.1) is 30.1 Å². The third-order valence-electron chi connectivity index (χ3n) is 3.44. The van der Waals surface area contributed by atoms with E-state index in [4.69, 9.17) is 6.42 Å². The Hall–Kier alpha value is -1.30. The first-order valence-corrected chi connectivity index (χ1v) is 5.43. The molecule has 1 aliphatic heterocycles. The standard InChI is InChI=1S/C12H15NO2/c1-3-4-5-13-11(14)9-6-8(2)7-10(9)12(13)15/h1,8-10H,4-7H2,2H3. The van der Waals surface area contributed by atoms with Gasteiger partial charge in [-0.3, -0.25) is 14.5 Å². The molecule has 15 heavy (non-hydrogen) atoms. The minimum absolute atomic E-state index is 0.00426. The molecule has 2 fully saturated rings. The number of rotatable bonds is 2. The van der Waals surface area contributed by atoms with E-state index >= 15 is 0 Å². The summed E-state index contributed by atoms with van der Waals surface area (Å²) >= 11 is 0. The van der Waals surface area contributed by atoms with Crippen LogP contribution in [0.3, 0.4) is 0 Å².